The molecule has 4 rings (SSSR count). The predicted octanol–water partition coefficient (Wildman–Crippen LogP) is 6.31. The quantitative estimate of drug-likeness (QED) is 0.406. The number of hydrogen-bond donors (Lipinski definition) is 1. The van der Waals surface area contributed by atoms with Gasteiger partial charge in [-0.25, -0.2) is 4.98 Å². The Morgan fingerprint density at radius 2 is 1.58 bits per heavy atom. The minimum absolute atomic E-state index is 0.137. The second-order valence-electron chi connectivity index (χ2n) is 7.61. The van der Waals surface area contributed by atoms with E-state index in [2.05, 4.69) is 43.1 Å². The van der Waals surface area contributed by atoms with Crippen molar-refractivity contribution < 1.29 is 4.79 Å². The number of aromatic nitrogens is 1. The van der Waals surface area contributed by atoms with Crippen LogP contribution in [0.2, 0.25) is 0 Å². The van der Waals surface area contributed by atoms with E-state index in [1.165, 1.54) is 5.56 Å². The zero-order chi connectivity index (χ0) is 21.8. The van der Waals surface area contributed by atoms with Gasteiger partial charge in [-0.15, -0.1) is 0 Å². The van der Waals surface area contributed by atoms with Gasteiger partial charge in [-0.1, -0.05) is 48.0 Å². The van der Waals surface area contributed by atoms with Crippen molar-refractivity contribution in [2.24, 2.45) is 0 Å². The Morgan fingerprint density at radius 1 is 0.903 bits per heavy atom. The van der Waals surface area contributed by atoms with Crippen LogP contribution >= 0.6 is 0 Å². The SMILES string of the molecule is CCN(CC)c1ccc(NC(=O)c2cc(-c3ccc(C)cc3)nc3ccccc23)cc1. The first-order valence-electron chi connectivity index (χ1n) is 10.7. The van der Waals surface area contributed by atoms with Gasteiger partial charge in [0.25, 0.3) is 5.91 Å². The average Bonchev–Trinajstić information content (AvgIpc) is 2.80. The topological polar surface area (TPSA) is 45.2 Å². The lowest BCUT2D eigenvalue weighted by atomic mass is 10.0. The van der Waals surface area contributed by atoms with Crippen molar-refractivity contribution in [1.29, 1.82) is 0 Å². The summed E-state index contributed by atoms with van der Waals surface area (Å²) in [6, 6.07) is 25.9. The number of hydrogen-bond acceptors (Lipinski definition) is 3. The fraction of sp³-hybridized carbons (Fsp3) is 0.185. The number of pyridine rings is 1. The Kier molecular flexibility index (Phi) is 5.99. The van der Waals surface area contributed by atoms with Gasteiger partial charge in [0.1, 0.15) is 0 Å². The van der Waals surface area contributed by atoms with Gasteiger partial charge < -0.3 is 10.2 Å². The second-order valence-corrected chi connectivity index (χ2v) is 7.61. The summed E-state index contributed by atoms with van der Waals surface area (Å²) in [6.07, 6.45) is 0. The van der Waals surface area contributed by atoms with E-state index >= 15 is 0 Å². The number of rotatable bonds is 6. The molecule has 0 atom stereocenters. The Bertz CT molecular complexity index is 1190. The molecule has 0 unspecified atom stereocenters. The van der Waals surface area contributed by atoms with Crippen LogP contribution in [0.25, 0.3) is 22.2 Å². The molecule has 0 aliphatic rings. The molecule has 0 radical (unpaired) electrons. The molecule has 4 aromatic rings. The Balaban J connectivity index is 1.68. The molecule has 0 saturated carbocycles. The summed E-state index contributed by atoms with van der Waals surface area (Å²) < 4.78 is 0. The standard InChI is InChI=1S/C27H27N3O/c1-4-30(5-2)22-16-14-21(15-17-22)28-27(31)24-18-26(20-12-10-19(3)11-13-20)29-25-9-7-6-8-23(24)25/h6-18H,4-5H2,1-3H3,(H,28,31). The molecule has 1 aromatic heterocycles. The highest BCUT2D eigenvalue weighted by atomic mass is 16.1. The van der Waals surface area contributed by atoms with Gasteiger partial charge in [-0.3, -0.25) is 4.79 Å². The summed E-state index contributed by atoms with van der Waals surface area (Å²) in [5, 5.41) is 3.90. The molecule has 31 heavy (non-hydrogen) atoms. The van der Waals surface area contributed by atoms with E-state index < -0.39 is 0 Å². The monoisotopic (exact) mass is 409 g/mol. The van der Waals surface area contributed by atoms with Gasteiger partial charge >= 0.3 is 0 Å². The van der Waals surface area contributed by atoms with Crippen molar-refractivity contribution in [3.63, 3.8) is 0 Å². The maximum absolute atomic E-state index is 13.2. The maximum atomic E-state index is 13.2. The molecule has 4 heteroatoms. The smallest absolute Gasteiger partial charge is 0.256 e. The number of benzene rings is 3. The molecule has 1 heterocycles. The van der Waals surface area contributed by atoms with Gasteiger partial charge in [0.05, 0.1) is 16.8 Å². The number of amides is 1. The Labute approximate surface area is 183 Å². The summed E-state index contributed by atoms with van der Waals surface area (Å²) in [5.41, 5.74) is 6.33. The van der Waals surface area contributed by atoms with Gasteiger partial charge in [-0.2, -0.15) is 0 Å². The van der Waals surface area contributed by atoms with E-state index in [9.17, 15) is 4.79 Å². The van der Waals surface area contributed by atoms with Gasteiger partial charge in [-0.05, 0) is 57.2 Å². The van der Waals surface area contributed by atoms with E-state index in [0.29, 0.717) is 5.56 Å². The lowest BCUT2D eigenvalue weighted by Gasteiger charge is -2.21. The van der Waals surface area contributed by atoms with E-state index in [1.54, 1.807) is 0 Å². The Morgan fingerprint density at radius 3 is 2.26 bits per heavy atom. The van der Waals surface area contributed by atoms with Crippen LogP contribution in [-0.2, 0) is 0 Å². The molecule has 156 valence electrons. The summed E-state index contributed by atoms with van der Waals surface area (Å²) in [6.45, 7) is 8.24. The summed E-state index contributed by atoms with van der Waals surface area (Å²) >= 11 is 0. The number of carbonyl (C=O) groups is 1. The first-order valence-corrected chi connectivity index (χ1v) is 10.7. The number of para-hydroxylation sites is 1. The minimum atomic E-state index is -0.137. The fourth-order valence-electron chi connectivity index (χ4n) is 3.78. The van der Waals surface area contributed by atoms with Gasteiger partial charge in [0.2, 0.25) is 0 Å². The third kappa shape index (κ3) is 4.43. The molecule has 0 saturated heterocycles. The van der Waals surface area contributed by atoms with Crippen LogP contribution in [0.5, 0.6) is 0 Å². The van der Waals surface area contributed by atoms with Crippen LogP contribution < -0.4 is 10.2 Å². The van der Waals surface area contributed by atoms with Crippen molar-refractivity contribution >= 4 is 28.2 Å². The predicted molar refractivity (Wildman–Crippen MR) is 130 cm³/mol. The average molecular weight is 410 g/mol. The van der Waals surface area contributed by atoms with E-state index in [4.69, 9.17) is 4.98 Å². The fourth-order valence-corrected chi connectivity index (χ4v) is 3.78. The van der Waals surface area contributed by atoms with Crippen LogP contribution in [0.4, 0.5) is 11.4 Å². The van der Waals surface area contributed by atoms with Crippen LogP contribution in [0.3, 0.4) is 0 Å². The second kappa shape index (κ2) is 9.00. The number of fused-ring (bicyclic) bond motifs is 1. The normalized spacial score (nSPS) is 10.8. The number of nitrogens with zero attached hydrogens (tertiary/aromatic N) is 2. The molecule has 0 spiro atoms. The summed E-state index contributed by atoms with van der Waals surface area (Å²) in [4.78, 5) is 20.3. The van der Waals surface area contributed by atoms with Crippen LogP contribution in [0.15, 0.2) is 78.9 Å². The lowest BCUT2D eigenvalue weighted by Crippen LogP contribution is -2.21. The van der Waals surface area contributed by atoms with E-state index in [-0.39, 0.29) is 5.91 Å². The maximum Gasteiger partial charge on any atom is 0.256 e. The van der Waals surface area contributed by atoms with Crippen molar-refractivity contribution in [3.8, 4) is 11.3 Å². The lowest BCUT2D eigenvalue weighted by molar-refractivity contribution is 0.102. The third-order valence-corrected chi connectivity index (χ3v) is 5.56. The number of nitrogens with one attached hydrogen (secondary N) is 1. The van der Waals surface area contributed by atoms with Crippen molar-refractivity contribution in [2.75, 3.05) is 23.3 Å². The highest BCUT2D eigenvalue weighted by Crippen LogP contribution is 2.26. The molecule has 0 aliphatic carbocycles. The molecular formula is C27H27N3O. The summed E-state index contributed by atoms with van der Waals surface area (Å²) in [7, 11) is 0. The molecule has 3 aromatic carbocycles. The van der Waals surface area contributed by atoms with E-state index in [0.717, 1.165) is 46.6 Å². The minimum Gasteiger partial charge on any atom is -0.372 e. The highest BCUT2D eigenvalue weighted by Gasteiger charge is 2.14. The highest BCUT2D eigenvalue weighted by molar-refractivity contribution is 6.13. The number of aryl methyl sites for hydroxylation is 1. The molecule has 1 N–H and O–H groups in total. The molecule has 0 aliphatic heterocycles. The van der Waals surface area contributed by atoms with Crippen molar-refractivity contribution in [3.05, 3.63) is 90.0 Å². The third-order valence-electron chi connectivity index (χ3n) is 5.56. The van der Waals surface area contributed by atoms with E-state index in [1.807, 2.05) is 66.7 Å². The van der Waals surface area contributed by atoms with Crippen molar-refractivity contribution in [2.45, 2.75) is 20.8 Å². The van der Waals surface area contributed by atoms with Crippen LogP contribution in [-0.4, -0.2) is 24.0 Å². The number of anilines is 2. The molecule has 0 fully saturated rings. The summed E-state index contributed by atoms with van der Waals surface area (Å²) in [5.74, 6) is -0.137. The zero-order valence-corrected chi connectivity index (χ0v) is 18.2. The first-order chi connectivity index (χ1) is 15.1. The first kappa shape index (κ1) is 20.6. The van der Waals surface area contributed by atoms with Crippen molar-refractivity contribution in [1.82, 2.24) is 4.98 Å². The largest absolute Gasteiger partial charge is 0.372 e. The van der Waals surface area contributed by atoms with Crippen LogP contribution in [0.1, 0.15) is 29.8 Å². The Hall–Kier alpha value is -3.66. The van der Waals surface area contributed by atoms with Crippen LogP contribution in [0, 0.1) is 6.92 Å². The molecule has 0 bridgehead atoms. The molecular weight excluding hydrogens is 382 g/mol. The molecule has 1 amide bonds. The van der Waals surface area contributed by atoms with Gasteiger partial charge in [0.15, 0.2) is 0 Å². The molecule has 4 nitrogen and oxygen atoms in total. The van der Waals surface area contributed by atoms with Gasteiger partial charge in [0, 0.05) is 35.4 Å². The zero-order valence-electron chi connectivity index (χ0n) is 18.2. The number of carbonyl (C=O) groups excluding carboxylic acids is 1.